The Hall–Kier alpha value is -2.83. The van der Waals surface area contributed by atoms with Gasteiger partial charge in [-0.05, 0) is 43.2 Å². The van der Waals surface area contributed by atoms with E-state index in [1.54, 1.807) is 0 Å². The zero-order valence-electron chi connectivity index (χ0n) is 15.4. The number of alkyl halides is 3. The molecule has 7 heteroatoms. The van der Waals surface area contributed by atoms with Crippen molar-refractivity contribution in [2.45, 2.75) is 33.4 Å². The van der Waals surface area contributed by atoms with Gasteiger partial charge >= 0.3 is 6.18 Å². The van der Waals surface area contributed by atoms with Crippen LogP contribution in [0.3, 0.4) is 0 Å². The molecule has 0 bridgehead atoms. The van der Waals surface area contributed by atoms with Crippen LogP contribution < -0.4 is 10.2 Å². The third-order valence-corrected chi connectivity index (χ3v) is 4.10. The quantitative estimate of drug-likeness (QED) is 0.820. The van der Waals surface area contributed by atoms with Crippen molar-refractivity contribution in [2.24, 2.45) is 0 Å². The predicted molar refractivity (Wildman–Crippen MR) is 98.6 cm³/mol. The third kappa shape index (κ3) is 5.32. The number of nitrogens with zero attached hydrogens (tertiary/aromatic N) is 1. The summed E-state index contributed by atoms with van der Waals surface area (Å²) in [5, 5.41) is 2.29. The molecule has 144 valence electrons. The molecular formula is C20H21F3N2O2. The Morgan fingerprint density at radius 3 is 2.37 bits per heavy atom. The average molecular weight is 378 g/mol. The molecule has 0 aliphatic heterocycles. The number of para-hydroxylation sites is 1. The summed E-state index contributed by atoms with van der Waals surface area (Å²) in [5.74, 6) is -0.838. The lowest BCUT2D eigenvalue weighted by atomic mass is 10.1. The number of carbonyl (C=O) groups excluding carboxylic acids is 2. The summed E-state index contributed by atoms with van der Waals surface area (Å²) < 4.78 is 39.1. The molecule has 2 amide bonds. The molecule has 2 aromatic rings. The first-order chi connectivity index (χ1) is 12.6. The van der Waals surface area contributed by atoms with Crippen molar-refractivity contribution >= 4 is 23.2 Å². The summed E-state index contributed by atoms with van der Waals surface area (Å²) in [7, 11) is 0. The first-order valence-electron chi connectivity index (χ1n) is 8.41. The molecule has 27 heavy (non-hydrogen) atoms. The van der Waals surface area contributed by atoms with E-state index in [0.717, 1.165) is 17.2 Å². The number of rotatable bonds is 5. The molecule has 2 aromatic carbocycles. The van der Waals surface area contributed by atoms with Crippen LogP contribution in [0, 0.1) is 13.8 Å². The minimum Gasteiger partial charge on any atom is -0.325 e. The maximum absolute atomic E-state index is 13.0. The predicted octanol–water partition coefficient (Wildman–Crippen LogP) is 4.70. The second-order valence-corrected chi connectivity index (χ2v) is 6.30. The van der Waals surface area contributed by atoms with Crippen molar-refractivity contribution in [1.82, 2.24) is 0 Å². The molecule has 0 aliphatic rings. The van der Waals surface area contributed by atoms with E-state index in [4.69, 9.17) is 0 Å². The Labute approximate surface area is 156 Å². The fraction of sp³-hybridized carbons (Fsp3) is 0.300. The molecule has 0 aromatic heterocycles. The highest BCUT2D eigenvalue weighted by Gasteiger charge is 2.33. The normalized spacial score (nSPS) is 11.2. The Morgan fingerprint density at radius 1 is 1.07 bits per heavy atom. The third-order valence-electron chi connectivity index (χ3n) is 4.10. The van der Waals surface area contributed by atoms with E-state index in [-0.39, 0.29) is 24.6 Å². The van der Waals surface area contributed by atoms with Crippen LogP contribution in [-0.2, 0) is 15.8 Å². The number of hydrogen-bond acceptors (Lipinski definition) is 2. The van der Waals surface area contributed by atoms with Gasteiger partial charge in [-0.2, -0.15) is 13.2 Å². The summed E-state index contributed by atoms with van der Waals surface area (Å²) >= 11 is 0. The largest absolute Gasteiger partial charge is 0.418 e. The fourth-order valence-corrected chi connectivity index (χ4v) is 2.72. The maximum Gasteiger partial charge on any atom is 0.418 e. The molecule has 0 spiro atoms. The van der Waals surface area contributed by atoms with Crippen molar-refractivity contribution < 1.29 is 22.8 Å². The molecule has 0 aliphatic carbocycles. The highest BCUT2D eigenvalue weighted by Crippen LogP contribution is 2.34. The molecule has 0 atom stereocenters. The van der Waals surface area contributed by atoms with E-state index >= 15 is 0 Å². The number of carbonyl (C=O) groups is 2. The zero-order chi connectivity index (χ0) is 20.2. The van der Waals surface area contributed by atoms with Gasteiger partial charge in [0.2, 0.25) is 11.8 Å². The Balaban J connectivity index is 2.12. The smallest absolute Gasteiger partial charge is 0.325 e. The Kier molecular flexibility index (Phi) is 6.25. The number of benzene rings is 2. The van der Waals surface area contributed by atoms with Gasteiger partial charge in [0.25, 0.3) is 0 Å². The van der Waals surface area contributed by atoms with Gasteiger partial charge in [0.05, 0.1) is 11.3 Å². The lowest BCUT2D eigenvalue weighted by molar-refractivity contribution is -0.137. The van der Waals surface area contributed by atoms with Crippen LogP contribution in [0.5, 0.6) is 0 Å². The molecule has 1 N–H and O–H groups in total. The first-order valence-corrected chi connectivity index (χ1v) is 8.41. The number of nitrogens with one attached hydrogen (secondary N) is 1. The van der Waals surface area contributed by atoms with Gasteiger partial charge < -0.3 is 10.2 Å². The standard InChI is InChI=1S/C20H21F3N2O2/c1-13-8-9-14(2)18(12-13)25(15(3)26)11-10-19(27)24-17-7-5-4-6-16(17)20(21,22)23/h4-9,12H,10-11H2,1-3H3,(H,24,27). The number of hydrogen-bond donors (Lipinski definition) is 1. The van der Waals surface area contributed by atoms with Crippen LogP contribution in [0.25, 0.3) is 0 Å². The van der Waals surface area contributed by atoms with Gasteiger partial charge in [-0.15, -0.1) is 0 Å². The van der Waals surface area contributed by atoms with Crippen LogP contribution in [0.4, 0.5) is 24.5 Å². The topological polar surface area (TPSA) is 49.4 Å². The molecule has 0 unspecified atom stereocenters. The molecule has 0 saturated heterocycles. The Morgan fingerprint density at radius 2 is 1.74 bits per heavy atom. The highest BCUT2D eigenvalue weighted by molar-refractivity contribution is 5.95. The summed E-state index contributed by atoms with van der Waals surface area (Å²) in [6.45, 7) is 5.20. The second-order valence-electron chi connectivity index (χ2n) is 6.30. The van der Waals surface area contributed by atoms with Crippen molar-refractivity contribution in [1.29, 1.82) is 0 Å². The van der Waals surface area contributed by atoms with Crippen LogP contribution in [0.15, 0.2) is 42.5 Å². The number of amides is 2. The van der Waals surface area contributed by atoms with Crippen molar-refractivity contribution in [3.63, 3.8) is 0 Å². The molecule has 4 nitrogen and oxygen atoms in total. The zero-order valence-corrected chi connectivity index (χ0v) is 15.4. The summed E-state index contributed by atoms with van der Waals surface area (Å²) in [4.78, 5) is 25.7. The summed E-state index contributed by atoms with van der Waals surface area (Å²) in [5.41, 5.74) is 1.32. The van der Waals surface area contributed by atoms with Crippen LogP contribution >= 0.6 is 0 Å². The van der Waals surface area contributed by atoms with Gasteiger partial charge in [-0.25, -0.2) is 0 Å². The van der Waals surface area contributed by atoms with Gasteiger partial charge in [0.15, 0.2) is 0 Å². The number of aryl methyl sites for hydroxylation is 2. The minimum atomic E-state index is -4.56. The lowest BCUT2D eigenvalue weighted by Crippen LogP contribution is -2.32. The van der Waals surface area contributed by atoms with Gasteiger partial charge in [-0.3, -0.25) is 9.59 Å². The van der Waals surface area contributed by atoms with Gasteiger partial charge in [0.1, 0.15) is 0 Å². The van der Waals surface area contributed by atoms with Crippen molar-refractivity contribution in [3.8, 4) is 0 Å². The number of halogens is 3. The summed E-state index contributed by atoms with van der Waals surface area (Å²) in [6.07, 6.45) is -4.69. The molecule has 0 heterocycles. The highest BCUT2D eigenvalue weighted by atomic mass is 19.4. The Bertz CT molecular complexity index is 847. The number of anilines is 2. The van der Waals surface area contributed by atoms with E-state index in [0.29, 0.717) is 5.69 Å². The van der Waals surface area contributed by atoms with Crippen LogP contribution in [-0.4, -0.2) is 18.4 Å². The van der Waals surface area contributed by atoms with E-state index in [1.165, 1.54) is 30.0 Å². The summed E-state index contributed by atoms with van der Waals surface area (Å²) in [6, 6.07) is 10.4. The molecule has 0 fully saturated rings. The molecule has 2 rings (SSSR count). The molecular weight excluding hydrogens is 357 g/mol. The minimum absolute atomic E-state index is 0.0691. The van der Waals surface area contributed by atoms with E-state index in [2.05, 4.69) is 5.32 Å². The SMILES string of the molecule is CC(=O)N(CCC(=O)Nc1ccccc1C(F)(F)F)c1cc(C)ccc1C. The maximum atomic E-state index is 13.0. The lowest BCUT2D eigenvalue weighted by Gasteiger charge is -2.23. The van der Waals surface area contributed by atoms with Crippen molar-refractivity contribution in [2.75, 3.05) is 16.8 Å². The van der Waals surface area contributed by atoms with Gasteiger partial charge in [0, 0.05) is 25.6 Å². The van der Waals surface area contributed by atoms with Crippen LogP contribution in [0.2, 0.25) is 0 Å². The van der Waals surface area contributed by atoms with Crippen molar-refractivity contribution in [3.05, 3.63) is 59.2 Å². The fourth-order valence-electron chi connectivity index (χ4n) is 2.72. The average Bonchev–Trinajstić information content (AvgIpc) is 2.57. The second kappa shape index (κ2) is 8.24. The van der Waals surface area contributed by atoms with Gasteiger partial charge in [-0.1, -0.05) is 24.3 Å². The molecule has 0 saturated carbocycles. The first kappa shape index (κ1) is 20.5. The van der Waals surface area contributed by atoms with Crippen LogP contribution in [0.1, 0.15) is 30.0 Å². The molecule has 0 radical (unpaired) electrons. The van der Waals surface area contributed by atoms with E-state index in [1.807, 2.05) is 32.0 Å². The van der Waals surface area contributed by atoms with E-state index < -0.39 is 17.6 Å². The van der Waals surface area contributed by atoms with E-state index in [9.17, 15) is 22.8 Å². The monoisotopic (exact) mass is 378 g/mol.